The van der Waals surface area contributed by atoms with E-state index in [1.54, 1.807) is 16.7 Å². The highest BCUT2D eigenvalue weighted by molar-refractivity contribution is 6.02. The Bertz CT molecular complexity index is 975. The van der Waals surface area contributed by atoms with Gasteiger partial charge in [-0.05, 0) is 36.1 Å². The van der Waals surface area contributed by atoms with Crippen LogP contribution in [0.4, 0.5) is 0 Å². The number of imidazole rings is 1. The first kappa shape index (κ1) is 18.6. The number of nitrogens with zero attached hydrogens (tertiary/aromatic N) is 2. The molecule has 3 aromatic rings. The van der Waals surface area contributed by atoms with Gasteiger partial charge in [-0.3, -0.25) is 14.0 Å². The Morgan fingerprint density at radius 2 is 1.78 bits per heavy atom. The van der Waals surface area contributed by atoms with Crippen LogP contribution in [0.5, 0.6) is 0 Å². The van der Waals surface area contributed by atoms with E-state index in [1.165, 1.54) is 0 Å². The van der Waals surface area contributed by atoms with Crippen LogP contribution in [0.25, 0.3) is 5.52 Å². The van der Waals surface area contributed by atoms with E-state index >= 15 is 0 Å². The monoisotopic (exact) mass is 364 g/mol. The van der Waals surface area contributed by atoms with Crippen LogP contribution in [0.15, 0.2) is 48.7 Å². The van der Waals surface area contributed by atoms with E-state index in [4.69, 9.17) is 0 Å². The summed E-state index contributed by atoms with van der Waals surface area (Å²) in [6, 6.07) is 13.3. The van der Waals surface area contributed by atoms with Crippen molar-refractivity contribution in [3.63, 3.8) is 0 Å². The van der Waals surface area contributed by atoms with Gasteiger partial charge in [0.1, 0.15) is 0 Å². The predicted octanol–water partition coefficient (Wildman–Crippen LogP) is 2.96. The molecule has 0 unspecified atom stereocenters. The highest BCUT2D eigenvalue weighted by atomic mass is 16.2. The lowest BCUT2D eigenvalue weighted by Crippen LogP contribution is -2.29. The van der Waals surface area contributed by atoms with Crippen molar-refractivity contribution in [1.82, 2.24) is 20.0 Å². The second-order valence-electron chi connectivity index (χ2n) is 6.95. The molecular formula is C21H24N4O2. The lowest BCUT2D eigenvalue weighted by Gasteiger charge is -2.06. The summed E-state index contributed by atoms with van der Waals surface area (Å²) in [7, 11) is 0. The number of hydrogen-bond donors (Lipinski definition) is 2. The SMILES string of the molecule is Cc1ccccc1CNC(=O)c1nc(C(=O)NCC(C)C)n2ccccc12. The number of aryl methyl sites for hydroxylation is 1. The number of amides is 2. The number of rotatable bonds is 6. The highest BCUT2D eigenvalue weighted by Gasteiger charge is 2.21. The maximum Gasteiger partial charge on any atom is 0.287 e. The number of pyridine rings is 1. The molecule has 3 rings (SSSR count). The largest absolute Gasteiger partial charge is 0.349 e. The summed E-state index contributed by atoms with van der Waals surface area (Å²) in [5.74, 6) is -0.0444. The zero-order valence-corrected chi connectivity index (χ0v) is 15.8. The van der Waals surface area contributed by atoms with E-state index in [2.05, 4.69) is 15.6 Å². The smallest absolute Gasteiger partial charge is 0.287 e. The second-order valence-corrected chi connectivity index (χ2v) is 6.95. The molecule has 0 atom stereocenters. The third-order valence-electron chi connectivity index (χ3n) is 4.34. The van der Waals surface area contributed by atoms with Crippen LogP contribution in [0.1, 0.15) is 46.1 Å². The van der Waals surface area contributed by atoms with E-state index < -0.39 is 0 Å². The molecule has 0 aliphatic rings. The lowest BCUT2D eigenvalue weighted by molar-refractivity contribution is 0.0938. The van der Waals surface area contributed by atoms with E-state index in [0.29, 0.717) is 24.5 Å². The Morgan fingerprint density at radius 3 is 2.52 bits per heavy atom. The molecule has 6 nitrogen and oxygen atoms in total. The average Bonchev–Trinajstić information content (AvgIpc) is 3.05. The summed E-state index contributed by atoms with van der Waals surface area (Å²) in [5, 5.41) is 5.76. The van der Waals surface area contributed by atoms with Gasteiger partial charge in [-0.15, -0.1) is 0 Å². The Labute approximate surface area is 158 Å². The van der Waals surface area contributed by atoms with Crippen LogP contribution in [-0.4, -0.2) is 27.7 Å². The summed E-state index contributed by atoms with van der Waals surface area (Å²) in [6.07, 6.45) is 1.74. The fourth-order valence-corrected chi connectivity index (χ4v) is 2.81. The van der Waals surface area contributed by atoms with Gasteiger partial charge in [-0.1, -0.05) is 44.2 Å². The molecule has 1 aromatic carbocycles. The van der Waals surface area contributed by atoms with Crippen molar-refractivity contribution in [2.45, 2.75) is 27.3 Å². The van der Waals surface area contributed by atoms with Gasteiger partial charge in [0.25, 0.3) is 11.8 Å². The fraction of sp³-hybridized carbons (Fsp3) is 0.286. The van der Waals surface area contributed by atoms with Crippen LogP contribution in [0.2, 0.25) is 0 Å². The number of fused-ring (bicyclic) bond motifs is 1. The first-order valence-corrected chi connectivity index (χ1v) is 9.05. The van der Waals surface area contributed by atoms with Crippen LogP contribution >= 0.6 is 0 Å². The normalized spacial score (nSPS) is 11.0. The summed E-state index contributed by atoms with van der Waals surface area (Å²) < 4.78 is 1.65. The molecular weight excluding hydrogens is 340 g/mol. The standard InChI is InChI=1S/C21H24N4O2/c1-14(2)12-22-21(27)19-24-18(17-10-6-7-11-25(17)19)20(26)23-13-16-9-5-4-8-15(16)3/h4-11,14H,12-13H2,1-3H3,(H,22,27)(H,23,26). The van der Waals surface area contributed by atoms with Gasteiger partial charge in [-0.2, -0.15) is 0 Å². The first-order valence-electron chi connectivity index (χ1n) is 9.05. The third-order valence-corrected chi connectivity index (χ3v) is 4.34. The molecule has 0 aliphatic carbocycles. The molecule has 2 amide bonds. The van der Waals surface area contributed by atoms with Crippen molar-refractivity contribution in [1.29, 1.82) is 0 Å². The topological polar surface area (TPSA) is 75.5 Å². The summed E-state index contributed by atoms with van der Waals surface area (Å²) in [4.78, 5) is 29.6. The van der Waals surface area contributed by atoms with Crippen molar-refractivity contribution in [3.05, 3.63) is 71.3 Å². The van der Waals surface area contributed by atoms with Gasteiger partial charge in [0.15, 0.2) is 5.69 Å². The molecule has 0 bridgehead atoms. The van der Waals surface area contributed by atoms with Crippen LogP contribution < -0.4 is 10.6 Å². The molecule has 2 heterocycles. The van der Waals surface area contributed by atoms with Crippen molar-refractivity contribution in [2.24, 2.45) is 5.92 Å². The van der Waals surface area contributed by atoms with Crippen LogP contribution in [0, 0.1) is 12.8 Å². The molecule has 2 N–H and O–H groups in total. The fourth-order valence-electron chi connectivity index (χ4n) is 2.81. The Morgan fingerprint density at radius 1 is 1.04 bits per heavy atom. The van der Waals surface area contributed by atoms with Crippen LogP contribution in [0.3, 0.4) is 0 Å². The van der Waals surface area contributed by atoms with Gasteiger partial charge >= 0.3 is 0 Å². The maximum absolute atomic E-state index is 12.7. The number of carbonyl (C=O) groups is 2. The van der Waals surface area contributed by atoms with Gasteiger partial charge in [0.05, 0.1) is 5.52 Å². The van der Waals surface area contributed by atoms with E-state index in [0.717, 1.165) is 11.1 Å². The summed E-state index contributed by atoms with van der Waals surface area (Å²) >= 11 is 0. The molecule has 0 aliphatic heterocycles. The minimum atomic E-state index is -0.301. The quantitative estimate of drug-likeness (QED) is 0.706. The van der Waals surface area contributed by atoms with Crippen molar-refractivity contribution in [3.8, 4) is 0 Å². The molecule has 140 valence electrons. The predicted molar refractivity (Wildman–Crippen MR) is 105 cm³/mol. The Kier molecular flexibility index (Phi) is 5.54. The maximum atomic E-state index is 12.7. The third kappa shape index (κ3) is 4.16. The summed E-state index contributed by atoms with van der Waals surface area (Å²) in [6.45, 7) is 7.01. The molecule has 0 radical (unpaired) electrons. The summed E-state index contributed by atoms with van der Waals surface area (Å²) in [5.41, 5.74) is 3.01. The number of hydrogen-bond acceptors (Lipinski definition) is 3. The minimum absolute atomic E-state index is 0.215. The molecule has 0 saturated heterocycles. The van der Waals surface area contributed by atoms with Crippen LogP contribution in [-0.2, 0) is 6.54 Å². The van der Waals surface area contributed by atoms with Gasteiger partial charge in [-0.25, -0.2) is 4.98 Å². The minimum Gasteiger partial charge on any atom is -0.349 e. The van der Waals surface area contributed by atoms with Crippen molar-refractivity contribution < 1.29 is 9.59 Å². The Hall–Kier alpha value is -3.15. The van der Waals surface area contributed by atoms with Crippen molar-refractivity contribution in [2.75, 3.05) is 6.54 Å². The average molecular weight is 364 g/mol. The number of carbonyl (C=O) groups excluding carboxylic acids is 2. The van der Waals surface area contributed by atoms with Gasteiger partial charge in [0, 0.05) is 19.3 Å². The molecule has 0 fully saturated rings. The molecule has 0 spiro atoms. The number of nitrogens with one attached hydrogen (secondary N) is 2. The molecule has 27 heavy (non-hydrogen) atoms. The van der Waals surface area contributed by atoms with E-state index in [-0.39, 0.29) is 23.3 Å². The van der Waals surface area contributed by atoms with Gasteiger partial charge < -0.3 is 10.6 Å². The van der Waals surface area contributed by atoms with Gasteiger partial charge in [0.2, 0.25) is 5.82 Å². The molecule has 0 saturated carbocycles. The lowest BCUT2D eigenvalue weighted by atomic mass is 10.1. The molecule has 2 aromatic heterocycles. The zero-order chi connectivity index (χ0) is 19.4. The Balaban J connectivity index is 1.85. The first-order chi connectivity index (χ1) is 13.0. The zero-order valence-electron chi connectivity index (χ0n) is 15.8. The van der Waals surface area contributed by atoms with E-state index in [1.807, 2.05) is 57.2 Å². The number of benzene rings is 1. The molecule has 6 heteroatoms. The number of aromatic nitrogens is 2. The van der Waals surface area contributed by atoms with E-state index in [9.17, 15) is 9.59 Å². The second kappa shape index (κ2) is 8.03. The highest BCUT2D eigenvalue weighted by Crippen LogP contribution is 2.14. The van der Waals surface area contributed by atoms with Crippen molar-refractivity contribution >= 4 is 17.3 Å².